The standard InChI is InChI=1S/C29H36N4O5/c1-5-19(6-2)33(17-18-10-8-7-9-11-18)24(34)16-21-20-14-15-29(26(36)32-27(37)38-29)22(20)12-13-23(21)31-25(35)28(3,4)30/h7-13,19H,5-6,14-17,30H2,1-4H3,(H,31,35)(H,32,36,37). The molecule has 1 saturated heterocycles. The van der Waals surface area contributed by atoms with Crippen molar-refractivity contribution in [1.82, 2.24) is 10.2 Å². The van der Waals surface area contributed by atoms with E-state index >= 15 is 0 Å². The van der Waals surface area contributed by atoms with Crippen LogP contribution in [0.15, 0.2) is 42.5 Å². The largest absolute Gasteiger partial charge is 0.427 e. The van der Waals surface area contributed by atoms with Crippen molar-refractivity contribution >= 4 is 29.5 Å². The zero-order valence-corrected chi connectivity index (χ0v) is 22.4. The lowest BCUT2D eigenvalue weighted by atomic mass is 9.91. The summed E-state index contributed by atoms with van der Waals surface area (Å²) in [5.74, 6) is -1.00. The number of anilines is 1. The highest BCUT2D eigenvalue weighted by molar-refractivity contribution is 6.04. The fraction of sp³-hybridized carbons (Fsp3) is 0.448. The minimum atomic E-state index is -1.42. The molecule has 4 amide bonds. The van der Waals surface area contributed by atoms with Gasteiger partial charge >= 0.3 is 6.09 Å². The minimum Gasteiger partial charge on any atom is -0.427 e. The number of amides is 4. The molecule has 0 bridgehead atoms. The Morgan fingerprint density at radius 2 is 1.82 bits per heavy atom. The Labute approximate surface area is 223 Å². The predicted molar refractivity (Wildman–Crippen MR) is 143 cm³/mol. The number of hydrogen-bond acceptors (Lipinski definition) is 6. The molecule has 0 aromatic heterocycles. The molecule has 1 spiro atoms. The maximum atomic E-state index is 14.0. The molecule has 9 nitrogen and oxygen atoms in total. The van der Waals surface area contributed by atoms with Crippen LogP contribution in [0.1, 0.15) is 69.2 Å². The van der Waals surface area contributed by atoms with Gasteiger partial charge in [-0.05, 0) is 55.9 Å². The van der Waals surface area contributed by atoms with Crippen LogP contribution in [0.25, 0.3) is 0 Å². The van der Waals surface area contributed by atoms with Crippen molar-refractivity contribution < 1.29 is 23.9 Å². The Morgan fingerprint density at radius 1 is 1.13 bits per heavy atom. The average molecular weight is 521 g/mol. The number of carbonyl (C=O) groups excluding carboxylic acids is 4. The fourth-order valence-corrected chi connectivity index (χ4v) is 5.34. The normalized spacial score (nSPS) is 18.4. The van der Waals surface area contributed by atoms with E-state index in [9.17, 15) is 19.2 Å². The van der Waals surface area contributed by atoms with Gasteiger partial charge in [0.1, 0.15) is 0 Å². The van der Waals surface area contributed by atoms with Crippen molar-refractivity contribution in [3.63, 3.8) is 0 Å². The molecule has 0 saturated carbocycles. The fourth-order valence-electron chi connectivity index (χ4n) is 5.34. The van der Waals surface area contributed by atoms with Crippen LogP contribution in [-0.4, -0.2) is 40.3 Å². The molecule has 9 heteroatoms. The highest BCUT2D eigenvalue weighted by atomic mass is 16.6. The quantitative estimate of drug-likeness (QED) is 0.464. The van der Waals surface area contributed by atoms with E-state index in [0.29, 0.717) is 29.8 Å². The van der Waals surface area contributed by atoms with Crippen LogP contribution in [0, 0.1) is 0 Å². The molecule has 2 aromatic rings. The molecule has 2 aromatic carbocycles. The maximum absolute atomic E-state index is 14.0. The molecule has 1 aliphatic carbocycles. The van der Waals surface area contributed by atoms with Crippen LogP contribution < -0.4 is 16.4 Å². The number of benzene rings is 2. The highest BCUT2D eigenvalue weighted by Gasteiger charge is 2.54. The monoisotopic (exact) mass is 520 g/mol. The highest BCUT2D eigenvalue weighted by Crippen LogP contribution is 2.45. The third kappa shape index (κ3) is 5.15. The number of rotatable bonds is 9. The molecule has 1 heterocycles. The first kappa shape index (κ1) is 27.3. The zero-order chi connectivity index (χ0) is 27.7. The summed E-state index contributed by atoms with van der Waals surface area (Å²) in [4.78, 5) is 53.4. The summed E-state index contributed by atoms with van der Waals surface area (Å²) in [5.41, 5.74) is 6.86. The Balaban J connectivity index is 1.75. The van der Waals surface area contributed by atoms with Crippen LogP contribution in [-0.2, 0) is 44.1 Å². The average Bonchev–Trinajstić information content (AvgIpc) is 3.39. The van der Waals surface area contributed by atoms with Gasteiger partial charge in [0.15, 0.2) is 0 Å². The summed E-state index contributed by atoms with van der Waals surface area (Å²) in [7, 11) is 0. The first-order valence-electron chi connectivity index (χ1n) is 13.1. The van der Waals surface area contributed by atoms with E-state index in [0.717, 1.165) is 24.0 Å². The first-order valence-corrected chi connectivity index (χ1v) is 13.1. The summed E-state index contributed by atoms with van der Waals surface area (Å²) in [6.45, 7) is 7.79. The van der Waals surface area contributed by atoms with Crippen molar-refractivity contribution in [1.29, 1.82) is 0 Å². The molecule has 1 aliphatic heterocycles. The van der Waals surface area contributed by atoms with E-state index in [-0.39, 0.29) is 24.8 Å². The van der Waals surface area contributed by atoms with Gasteiger partial charge in [0.2, 0.25) is 17.4 Å². The maximum Gasteiger partial charge on any atom is 0.415 e. The van der Waals surface area contributed by atoms with Crippen LogP contribution >= 0.6 is 0 Å². The lowest BCUT2D eigenvalue weighted by Crippen LogP contribution is -2.45. The van der Waals surface area contributed by atoms with E-state index in [2.05, 4.69) is 24.5 Å². The molecule has 4 N–H and O–H groups in total. The molecular formula is C29H36N4O5. The Morgan fingerprint density at radius 3 is 2.39 bits per heavy atom. The summed E-state index contributed by atoms with van der Waals surface area (Å²) in [5, 5.41) is 5.12. The van der Waals surface area contributed by atoms with Crippen LogP contribution in [0.3, 0.4) is 0 Å². The minimum absolute atomic E-state index is 0.0127. The van der Waals surface area contributed by atoms with Crippen LogP contribution in [0.4, 0.5) is 10.5 Å². The molecule has 38 heavy (non-hydrogen) atoms. The summed E-state index contributed by atoms with van der Waals surface area (Å²) >= 11 is 0. The van der Waals surface area contributed by atoms with Gasteiger partial charge in [-0.2, -0.15) is 0 Å². The number of nitrogens with one attached hydrogen (secondary N) is 2. The summed E-state index contributed by atoms with van der Waals surface area (Å²) < 4.78 is 5.48. The number of fused-ring (bicyclic) bond motifs is 2. The van der Waals surface area contributed by atoms with E-state index < -0.39 is 29.0 Å². The SMILES string of the molecule is CCC(CC)N(Cc1ccccc1)C(=O)Cc1c(NC(=O)C(C)(C)N)ccc2c1CCC21OC(=O)NC1=O. The third-order valence-corrected chi connectivity index (χ3v) is 7.50. The van der Waals surface area contributed by atoms with Gasteiger partial charge in [0.25, 0.3) is 5.91 Å². The Bertz CT molecular complexity index is 1250. The van der Waals surface area contributed by atoms with Gasteiger partial charge < -0.3 is 20.7 Å². The number of nitrogens with two attached hydrogens (primary N) is 1. The molecule has 202 valence electrons. The molecule has 1 fully saturated rings. The second-order valence-corrected chi connectivity index (χ2v) is 10.6. The van der Waals surface area contributed by atoms with E-state index in [4.69, 9.17) is 10.5 Å². The van der Waals surface area contributed by atoms with Crippen LogP contribution in [0.2, 0.25) is 0 Å². The Kier molecular flexibility index (Phi) is 7.60. The van der Waals surface area contributed by atoms with E-state index in [1.165, 1.54) is 0 Å². The van der Waals surface area contributed by atoms with Crippen LogP contribution in [0.5, 0.6) is 0 Å². The van der Waals surface area contributed by atoms with Crippen molar-refractivity contribution in [3.8, 4) is 0 Å². The predicted octanol–water partition coefficient (Wildman–Crippen LogP) is 3.53. The lowest BCUT2D eigenvalue weighted by molar-refractivity contribution is -0.134. The number of alkyl carbamates (subject to hydrolysis) is 1. The van der Waals surface area contributed by atoms with E-state index in [1.54, 1.807) is 26.0 Å². The van der Waals surface area contributed by atoms with Gasteiger partial charge in [-0.1, -0.05) is 50.2 Å². The number of hydrogen-bond donors (Lipinski definition) is 3. The number of carbonyl (C=O) groups is 4. The lowest BCUT2D eigenvalue weighted by Gasteiger charge is -2.32. The van der Waals surface area contributed by atoms with Gasteiger partial charge in [0.05, 0.1) is 12.0 Å². The number of nitrogens with zero attached hydrogens (tertiary/aromatic N) is 1. The van der Waals surface area contributed by atoms with Crippen molar-refractivity contribution in [2.75, 3.05) is 5.32 Å². The molecule has 1 atom stereocenters. The van der Waals surface area contributed by atoms with Crippen molar-refractivity contribution in [3.05, 3.63) is 64.7 Å². The van der Waals surface area contributed by atoms with Gasteiger partial charge in [-0.25, -0.2) is 4.79 Å². The third-order valence-electron chi connectivity index (χ3n) is 7.50. The molecule has 0 radical (unpaired) electrons. The topological polar surface area (TPSA) is 131 Å². The second kappa shape index (κ2) is 10.6. The molecule has 2 aliphatic rings. The number of ether oxygens (including phenoxy) is 1. The molecule has 1 unspecified atom stereocenters. The molecule has 4 rings (SSSR count). The molecular weight excluding hydrogens is 484 g/mol. The summed E-state index contributed by atoms with van der Waals surface area (Å²) in [6.07, 6.45) is 1.50. The van der Waals surface area contributed by atoms with Gasteiger partial charge in [0, 0.05) is 30.3 Å². The smallest absolute Gasteiger partial charge is 0.415 e. The number of imide groups is 1. The van der Waals surface area contributed by atoms with Crippen molar-refractivity contribution in [2.45, 2.75) is 83.5 Å². The summed E-state index contributed by atoms with van der Waals surface area (Å²) in [6, 6.07) is 13.2. The van der Waals surface area contributed by atoms with Gasteiger partial charge in [-0.3, -0.25) is 19.7 Å². The van der Waals surface area contributed by atoms with E-state index in [1.807, 2.05) is 35.2 Å². The first-order chi connectivity index (χ1) is 18.0. The Hall–Kier alpha value is -3.72. The van der Waals surface area contributed by atoms with Gasteiger partial charge in [-0.15, -0.1) is 0 Å². The second-order valence-electron chi connectivity index (χ2n) is 10.6. The zero-order valence-electron chi connectivity index (χ0n) is 22.4. The van der Waals surface area contributed by atoms with Crippen molar-refractivity contribution in [2.24, 2.45) is 5.73 Å².